The van der Waals surface area contributed by atoms with E-state index in [-0.39, 0.29) is 0 Å². The van der Waals surface area contributed by atoms with Crippen molar-refractivity contribution in [2.24, 2.45) is 0 Å². The SMILES string of the molecule is CN1CCN(c2cccc(C=O)c2)CC1. The fraction of sp³-hybridized carbons (Fsp3) is 0.417. The maximum atomic E-state index is 10.7. The predicted molar refractivity (Wildman–Crippen MR) is 61.5 cm³/mol. The fourth-order valence-corrected chi connectivity index (χ4v) is 1.86. The second-order valence-corrected chi connectivity index (χ2v) is 4.00. The van der Waals surface area contributed by atoms with Gasteiger partial charge in [0.05, 0.1) is 0 Å². The van der Waals surface area contributed by atoms with Gasteiger partial charge in [-0.1, -0.05) is 12.1 Å². The molecule has 3 heteroatoms. The number of anilines is 1. The summed E-state index contributed by atoms with van der Waals surface area (Å²) in [5.41, 5.74) is 1.92. The molecule has 0 saturated carbocycles. The van der Waals surface area contributed by atoms with E-state index in [4.69, 9.17) is 0 Å². The zero-order valence-electron chi connectivity index (χ0n) is 9.02. The Kier molecular flexibility index (Phi) is 3.02. The van der Waals surface area contributed by atoms with Crippen LogP contribution in [-0.2, 0) is 0 Å². The molecular formula is C12H16N2O. The van der Waals surface area contributed by atoms with Crippen LogP contribution in [0.2, 0.25) is 0 Å². The molecule has 1 fully saturated rings. The van der Waals surface area contributed by atoms with Gasteiger partial charge >= 0.3 is 0 Å². The molecule has 0 spiro atoms. The fourth-order valence-electron chi connectivity index (χ4n) is 1.86. The maximum Gasteiger partial charge on any atom is 0.150 e. The highest BCUT2D eigenvalue weighted by atomic mass is 16.1. The minimum atomic E-state index is 0.756. The smallest absolute Gasteiger partial charge is 0.150 e. The molecule has 2 rings (SSSR count). The average Bonchev–Trinajstić information content (AvgIpc) is 2.30. The number of hydrogen-bond donors (Lipinski definition) is 0. The Morgan fingerprint density at radius 1 is 1.20 bits per heavy atom. The highest BCUT2D eigenvalue weighted by Crippen LogP contribution is 2.16. The summed E-state index contributed by atoms with van der Waals surface area (Å²) in [6.07, 6.45) is 0.902. The van der Waals surface area contributed by atoms with Gasteiger partial charge in [-0.05, 0) is 19.2 Å². The van der Waals surface area contributed by atoms with Gasteiger partial charge in [-0.15, -0.1) is 0 Å². The van der Waals surface area contributed by atoms with Crippen molar-refractivity contribution in [1.82, 2.24) is 4.90 Å². The summed E-state index contributed by atoms with van der Waals surface area (Å²) in [6.45, 7) is 4.26. The van der Waals surface area contributed by atoms with E-state index in [0.29, 0.717) is 0 Å². The van der Waals surface area contributed by atoms with Crippen LogP contribution in [0.15, 0.2) is 24.3 Å². The van der Waals surface area contributed by atoms with E-state index < -0.39 is 0 Å². The van der Waals surface area contributed by atoms with Crippen LogP contribution < -0.4 is 4.90 Å². The average molecular weight is 204 g/mol. The Balaban J connectivity index is 2.11. The molecule has 1 heterocycles. The molecule has 15 heavy (non-hydrogen) atoms. The largest absolute Gasteiger partial charge is 0.369 e. The van der Waals surface area contributed by atoms with Gasteiger partial charge in [0.25, 0.3) is 0 Å². The molecule has 0 radical (unpaired) electrons. The van der Waals surface area contributed by atoms with E-state index in [0.717, 1.165) is 43.7 Å². The first-order valence-corrected chi connectivity index (χ1v) is 5.28. The second-order valence-electron chi connectivity index (χ2n) is 4.00. The van der Waals surface area contributed by atoms with Crippen molar-refractivity contribution in [2.45, 2.75) is 0 Å². The quantitative estimate of drug-likeness (QED) is 0.677. The van der Waals surface area contributed by atoms with Crippen molar-refractivity contribution < 1.29 is 4.79 Å². The molecule has 1 aromatic carbocycles. The third-order valence-corrected chi connectivity index (χ3v) is 2.87. The van der Waals surface area contributed by atoms with Crippen molar-refractivity contribution in [3.8, 4) is 0 Å². The molecule has 0 aliphatic carbocycles. The third-order valence-electron chi connectivity index (χ3n) is 2.87. The molecule has 1 aromatic rings. The van der Waals surface area contributed by atoms with Crippen LogP contribution in [0.1, 0.15) is 10.4 Å². The van der Waals surface area contributed by atoms with Crippen molar-refractivity contribution in [3.63, 3.8) is 0 Å². The molecule has 1 aliphatic rings. The molecule has 80 valence electrons. The molecule has 0 unspecified atom stereocenters. The number of nitrogens with zero attached hydrogens (tertiary/aromatic N) is 2. The predicted octanol–water partition coefficient (Wildman–Crippen LogP) is 1.25. The van der Waals surface area contributed by atoms with Crippen LogP contribution in [-0.4, -0.2) is 44.4 Å². The van der Waals surface area contributed by atoms with Crippen LogP contribution in [0.25, 0.3) is 0 Å². The van der Waals surface area contributed by atoms with E-state index in [1.807, 2.05) is 18.2 Å². The van der Waals surface area contributed by atoms with Crippen LogP contribution in [0.4, 0.5) is 5.69 Å². The second kappa shape index (κ2) is 4.45. The number of likely N-dealkylation sites (N-methyl/N-ethyl adjacent to an activating group) is 1. The highest BCUT2D eigenvalue weighted by molar-refractivity contribution is 5.77. The summed E-state index contributed by atoms with van der Waals surface area (Å²) < 4.78 is 0. The minimum Gasteiger partial charge on any atom is -0.369 e. The first-order chi connectivity index (χ1) is 7.29. The van der Waals surface area contributed by atoms with Crippen molar-refractivity contribution in [1.29, 1.82) is 0 Å². The van der Waals surface area contributed by atoms with Crippen LogP contribution in [0, 0.1) is 0 Å². The minimum absolute atomic E-state index is 0.756. The Labute approximate surface area is 90.3 Å². The third kappa shape index (κ3) is 2.36. The highest BCUT2D eigenvalue weighted by Gasteiger charge is 2.13. The Bertz CT molecular complexity index is 343. The standard InChI is InChI=1S/C12H16N2O/c1-13-5-7-14(8-6-13)12-4-2-3-11(9-12)10-15/h2-4,9-10H,5-8H2,1H3. The van der Waals surface area contributed by atoms with Gasteiger partial charge in [-0.25, -0.2) is 0 Å². The number of piperazine rings is 1. The first kappa shape index (κ1) is 10.2. The molecule has 0 N–H and O–H groups in total. The molecule has 0 bridgehead atoms. The topological polar surface area (TPSA) is 23.6 Å². The summed E-state index contributed by atoms with van der Waals surface area (Å²) >= 11 is 0. The lowest BCUT2D eigenvalue weighted by Gasteiger charge is -2.34. The van der Waals surface area contributed by atoms with E-state index in [2.05, 4.69) is 22.9 Å². The number of carbonyl (C=O) groups is 1. The summed E-state index contributed by atoms with van der Waals surface area (Å²) in [4.78, 5) is 15.3. The maximum absolute atomic E-state index is 10.7. The summed E-state index contributed by atoms with van der Waals surface area (Å²) in [5.74, 6) is 0. The summed E-state index contributed by atoms with van der Waals surface area (Å²) in [5, 5.41) is 0. The Morgan fingerprint density at radius 2 is 1.93 bits per heavy atom. The van der Waals surface area contributed by atoms with Crippen molar-refractivity contribution >= 4 is 12.0 Å². The number of hydrogen-bond acceptors (Lipinski definition) is 3. The number of benzene rings is 1. The van der Waals surface area contributed by atoms with E-state index in [1.54, 1.807) is 0 Å². The van der Waals surface area contributed by atoms with Gasteiger partial charge in [0.2, 0.25) is 0 Å². The van der Waals surface area contributed by atoms with E-state index in [9.17, 15) is 4.79 Å². The Morgan fingerprint density at radius 3 is 2.60 bits per heavy atom. The molecule has 0 atom stereocenters. The van der Waals surface area contributed by atoms with Crippen molar-refractivity contribution in [3.05, 3.63) is 29.8 Å². The van der Waals surface area contributed by atoms with Gasteiger partial charge < -0.3 is 9.80 Å². The molecule has 3 nitrogen and oxygen atoms in total. The molecule has 0 aromatic heterocycles. The summed E-state index contributed by atoms with van der Waals surface area (Å²) in [6, 6.07) is 7.81. The molecular weight excluding hydrogens is 188 g/mol. The first-order valence-electron chi connectivity index (χ1n) is 5.28. The lowest BCUT2D eigenvalue weighted by Crippen LogP contribution is -2.44. The summed E-state index contributed by atoms with van der Waals surface area (Å²) in [7, 11) is 2.14. The molecule has 1 saturated heterocycles. The molecule has 1 aliphatic heterocycles. The van der Waals surface area contributed by atoms with Crippen LogP contribution >= 0.6 is 0 Å². The lowest BCUT2D eigenvalue weighted by atomic mass is 10.2. The van der Waals surface area contributed by atoms with E-state index in [1.165, 1.54) is 0 Å². The number of carbonyl (C=O) groups excluding carboxylic acids is 1. The number of rotatable bonds is 2. The number of aldehydes is 1. The van der Waals surface area contributed by atoms with Crippen molar-refractivity contribution in [2.75, 3.05) is 38.1 Å². The van der Waals surface area contributed by atoms with Gasteiger partial charge in [0, 0.05) is 37.4 Å². The zero-order chi connectivity index (χ0) is 10.7. The molecule has 0 amide bonds. The lowest BCUT2D eigenvalue weighted by molar-refractivity contribution is 0.112. The van der Waals surface area contributed by atoms with Crippen LogP contribution in [0.5, 0.6) is 0 Å². The Hall–Kier alpha value is -1.35. The monoisotopic (exact) mass is 204 g/mol. The normalized spacial score (nSPS) is 17.8. The van der Waals surface area contributed by atoms with E-state index >= 15 is 0 Å². The van der Waals surface area contributed by atoms with Gasteiger partial charge in [0.1, 0.15) is 6.29 Å². The van der Waals surface area contributed by atoms with Gasteiger partial charge in [-0.3, -0.25) is 4.79 Å². The zero-order valence-corrected chi connectivity index (χ0v) is 9.02. The van der Waals surface area contributed by atoms with Gasteiger partial charge in [-0.2, -0.15) is 0 Å². The van der Waals surface area contributed by atoms with Crippen LogP contribution in [0.3, 0.4) is 0 Å². The van der Waals surface area contributed by atoms with Gasteiger partial charge in [0.15, 0.2) is 0 Å².